The highest BCUT2D eigenvalue weighted by Gasteiger charge is 2.40. The minimum absolute atomic E-state index is 0.105. The third-order valence-electron chi connectivity index (χ3n) is 1.87. The number of halogens is 2. The van der Waals surface area contributed by atoms with Gasteiger partial charge in [-0.1, -0.05) is 20.8 Å². The van der Waals surface area contributed by atoms with Crippen LogP contribution in [0.5, 0.6) is 0 Å². The number of alkyl halides is 2. The van der Waals surface area contributed by atoms with Crippen LogP contribution in [0.25, 0.3) is 0 Å². The molecule has 0 radical (unpaired) electrons. The molecule has 2 heteroatoms. The van der Waals surface area contributed by atoms with Gasteiger partial charge >= 0.3 is 0 Å². The molecule has 0 heterocycles. The van der Waals surface area contributed by atoms with Crippen LogP contribution in [0.3, 0.4) is 0 Å². The highest BCUT2D eigenvalue weighted by Crippen LogP contribution is 2.39. The lowest BCUT2D eigenvalue weighted by Crippen LogP contribution is -2.17. The zero-order valence-electron chi connectivity index (χ0n) is 6.95. The molecule has 1 atom stereocenters. The van der Waals surface area contributed by atoms with Gasteiger partial charge in [0, 0.05) is 12.3 Å². The molecular formula is C8H16F2. The summed E-state index contributed by atoms with van der Waals surface area (Å²) >= 11 is 0. The Morgan fingerprint density at radius 1 is 1.30 bits per heavy atom. The summed E-state index contributed by atoms with van der Waals surface area (Å²) in [7, 11) is 0. The van der Waals surface area contributed by atoms with E-state index in [-0.39, 0.29) is 12.3 Å². The van der Waals surface area contributed by atoms with Crippen molar-refractivity contribution in [3.05, 3.63) is 0 Å². The van der Waals surface area contributed by atoms with Crippen LogP contribution in [-0.2, 0) is 0 Å². The van der Waals surface area contributed by atoms with Crippen molar-refractivity contribution in [1.29, 1.82) is 0 Å². The molecule has 1 aliphatic rings. The Bertz CT molecular complexity index is 89.3. The van der Waals surface area contributed by atoms with E-state index >= 15 is 0 Å². The van der Waals surface area contributed by atoms with E-state index in [0.29, 0.717) is 12.8 Å². The summed E-state index contributed by atoms with van der Waals surface area (Å²) in [5.74, 6) is -2.72. The summed E-state index contributed by atoms with van der Waals surface area (Å²) in [6.45, 7) is 5.62. The number of hydrogen-bond acceptors (Lipinski definition) is 0. The fourth-order valence-electron chi connectivity index (χ4n) is 1.10. The Morgan fingerprint density at radius 3 is 1.90 bits per heavy atom. The van der Waals surface area contributed by atoms with Crippen LogP contribution in [0.4, 0.5) is 8.78 Å². The van der Waals surface area contributed by atoms with Gasteiger partial charge in [0.15, 0.2) is 0 Å². The summed E-state index contributed by atoms with van der Waals surface area (Å²) in [4.78, 5) is 0. The summed E-state index contributed by atoms with van der Waals surface area (Å²) in [5, 5.41) is 0. The molecule has 62 valence electrons. The van der Waals surface area contributed by atoms with Gasteiger partial charge in [0.2, 0.25) is 0 Å². The Labute approximate surface area is 61.6 Å². The predicted molar refractivity (Wildman–Crippen MR) is 39.3 cm³/mol. The molecule has 0 nitrogen and oxygen atoms in total. The lowest BCUT2D eigenvalue weighted by Gasteiger charge is -2.12. The van der Waals surface area contributed by atoms with E-state index in [1.807, 2.05) is 13.8 Å². The van der Waals surface area contributed by atoms with E-state index in [0.717, 1.165) is 0 Å². The quantitative estimate of drug-likeness (QED) is 0.496. The fourth-order valence-corrected chi connectivity index (χ4v) is 1.10. The Hall–Kier alpha value is -0.140. The van der Waals surface area contributed by atoms with Gasteiger partial charge in [-0.3, -0.25) is 0 Å². The molecular weight excluding hydrogens is 134 g/mol. The van der Waals surface area contributed by atoms with Crippen molar-refractivity contribution in [1.82, 2.24) is 0 Å². The molecule has 0 spiro atoms. The molecule has 1 fully saturated rings. The maximum atomic E-state index is 12.3. The molecule has 1 saturated carbocycles. The third kappa shape index (κ3) is 2.24. The van der Waals surface area contributed by atoms with Crippen LogP contribution in [0.2, 0.25) is 0 Å². The summed E-state index contributed by atoms with van der Waals surface area (Å²) in [6.07, 6.45) is 1.51. The average molecular weight is 150 g/mol. The minimum Gasteiger partial charge on any atom is -0.207 e. The van der Waals surface area contributed by atoms with E-state index in [4.69, 9.17) is 0 Å². The van der Waals surface area contributed by atoms with Crippen molar-refractivity contribution in [3.8, 4) is 0 Å². The van der Waals surface area contributed by atoms with Crippen LogP contribution in [0.1, 0.15) is 40.0 Å². The predicted octanol–water partition coefficient (Wildman–Crippen LogP) is 3.47. The molecule has 0 saturated heterocycles. The van der Waals surface area contributed by atoms with Crippen LogP contribution in [0.15, 0.2) is 0 Å². The van der Waals surface area contributed by atoms with Crippen LogP contribution in [-0.4, -0.2) is 5.92 Å². The molecule has 0 unspecified atom stereocenters. The molecule has 1 aliphatic carbocycles. The van der Waals surface area contributed by atoms with Gasteiger partial charge in [-0.15, -0.1) is 0 Å². The van der Waals surface area contributed by atoms with Gasteiger partial charge in [-0.2, -0.15) is 0 Å². The zero-order valence-corrected chi connectivity index (χ0v) is 6.95. The van der Waals surface area contributed by atoms with Crippen LogP contribution in [0, 0.1) is 5.92 Å². The van der Waals surface area contributed by atoms with Crippen molar-refractivity contribution in [2.75, 3.05) is 0 Å². The van der Waals surface area contributed by atoms with Crippen molar-refractivity contribution in [3.63, 3.8) is 0 Å². The first-order chi connectivity index (χ1) is 4.63. The highest BCUT2D eigenvalue weighted by molar-refractivity contribution is 4.80. The highest BCUT2D eigenvalue weighted by atomic mass is 19.3. The molecule has 1 rings (SSSR count). The Balaban J connectivity index is 0.000000371. The first-order valence-corrected chi connectivity index (χ1v) is 4.01. The fraction of sp³-hybridized carbons (Fsp3) is 1.00. The maximum absolute atomic E-state index is 12.3. The Kier molecular flexibility index (Phi) is 3.84. The summed E-state index contributed by atoms with van der Waals surface area (Å²) < 4.78 is 24.7. The summed E-state index contributed by atoms with van der Waals surface area (Å²) in [6, 6.07) is 0. The molecule has 0 aromatic heterocycles. The lowest BCUT2D eigenvalue weighted by atomic mass is 10.1. The first-order valence-electron chi connectivity index (χ1n) is 4.01. The summed E-state index contributed by atoms with van der Waals surface area (Å²) in [5.41, 5.74) is 0. The number of hydrogen-bond donors (Lipinski definition) is 0. The van der Waals surface area contributed by atoms with E-state index in [1.54, 1.807) is 6.92 Å². The minimum atomic E-state index is -2.35. The van der Waals surface area contributed by atoms with Gasteiger partial charge in [0.25, 0.3) is 5.92 Å². The SMILES string of the molecule is CC.C[C@H]1CCCC1(F)F. The Morgan fingerprint density at radius 2 is 1.80 bits per heavy atom. The number of rotatable bonds is 0. The van der Waals surface area contributed by atoms with Crippen molar-refractivity contribution >= 4 is 0 Å². The van der Waals surface area contributed by atoms with E-state index in [2.05, 4.69) is 0 Å². The maximum Gasteiger partial charge on any atom is 0.250 e. The molecule has 0 aromatic carbocycles. The van der Waals surface area contributed by atoms with Gasteiger partial charge in [-0.05, 0) is 12.8 Å². The second-order valence-corrected chi connectivity index (χ2v) is 2.55. The second-order valence-electron chi connectivity index (χ2n) is 2.55. The molecule has 0 N–H and O–H groups in total. The second kappa shape index (κ2) is 3.89. The molecule has 0 aliphatic heterocycles. The first kappa shape index (κ1) is 9.86. The molecule has 0 bridgehead atoms. The monoisotopic (exact) mass is 150 g/mol. The van der Waals surface area contributed by atoms with Crippen molar-refractivity contribution in [2.24, 2.45) is 5.92 Å². The largest absolute Gasteiger partial charge is 0.250 e. The van der Waals surface area contributed by atoms with E-state index in [1.165, 1.54) is 0 Å². The van der Waals surface area contributed by atoms with Crippen molar-refractivity contribution < 1.29 is 8.78 Å². The smallest absolute Gasteiger partial charge is 0.207 e. The van der Waals surface area contributed by atoms with Crippen LogP contribution >= 0.6 is 0 Å². The molecule has 0 aromatic rings. The van der Waals surface area contributed by atoms with E-state index < -0.39 is 5.92 Å². The van der Waals surface area contributed by atoms with Crippen molar-refractivity contribution in [2.45, 2.75) is 46.0 Å². The van der Waals surface area contributed by atoms with Gasteiger partial charge in [0.1, 0.15) is 0 Å². The zero-order chi connectivity index (χ0) is 8.20. The molecule has 0 amide bonds. The third-order valence-corrected chi connectivity index (χ3v) is 1.87. The van der Waals surface area contributed by atoms with E-state index in [9.17, 15) is 8.78 Å². The van der Waals surface area contributed by atoms with Gasteiger partial charge in [0.05, 0.1) is 0 Å². The van der Waals surface area contributed by atoms with Gasteiger partial charge in [-0.25, -0.2) is 8.78 Å². The standard InChI is InChI=1S/C6H10F2.C2H6/c1-5-3-2-4-6(5,7)8;1-2/h5H,2-4H2,1H3;1-2H3/t5-;/m0./s1. The van der Waals surface area contributed by atoms with Gasteiger partial charge < -0.3 is 0 Å². The average Bonchev–Trinajstić information content (AvgIpc) is 2.17. The lowest BCUT2D eigenvalue weighted by molar-refractivity contribution is -0.0299. The normalized spacial score (nSPS) is 29.1. The topological polar surface area (TPSA) is 0 Å². The molecule has 10 heavy (non-hydrogen) atoms. The van der Waals surface area contributed by atoms with Crippen LogP contribution < -0.4 is 0 Å².